The van der Waals surface area contributed by atoms with Crippen molar-refractivity contribution < 1.29 is 0 Å². The van der Waals surface area contributed by atoms with Crippen LogP contribution in [0.1, 0.15) is 31.7 Å². The van der Waals surface area contributed by atoms with Gasteiger partial charge in [0.1, 0.15) is 0 Å². The molecule has 2 rings (SSSR count). The number of nitrogens with zero attached hydrogens (tertiary/aromatic N) is 1. The quantitative estimate of drug-likeness (QED) is 0.808. The van der Waals surface area contributed by atoms with Crippen molar-refractivity contribution in [2.45, 2.75) is 26.8 Å². The van der Waals surface area contributed by atoms with E-state index in [1.807, 2.05) is 11.3 Å². The van der Waals surface area contributed by atoms with Gasteiger partial charge in [0.25, 0.3) is 0 Å². The van der Waals surface area contributed by atoms with E-state index in [2.05, 4.69) is 58.4 Å². The molecule has 1 aromatic heterocycles. The standard InChI is InChI=1S/C13H21BrN2S.2ClH/c1-13(2,3)12(11-10(14)4-9-17-11)16-7-5-15-6-8-16;;/h4,9,12,15H,5-8H2,1-3H3;2*1H/t12-;;/m1../s1. The molecule has 1 atom stereocenters. The molecule has 1 fully saturated rings. The van der Waals surface area contributed by atoms with Gasteiger partial charge >= 0.3 is 0 Å². The minimum atomic E-state index is 0. The summed E-state index contributed by atoms with van der Waals surface area (Å²) in [6.07, 6.45) is 0. The van der Waals surface area contributed by atoms with Crippen LogP contribution < -0.4 is 5.32 Å². The van der Waals surface area contributed by atoms with Crippen molar-refractivity contribution in [3.63, 3.8) is 0 Å². The van der Waals surface area contributed by atoms with Crippen molar-refractivity contribution in [2.24, 2.45) is 5.41 Å². The van der Waals surface area contributed by atoms with Crippen LogP contribution in [0, 0.1) is 5.41 Å². The molecule has 1 saturated heterocycles. The molecule has 112 valence electrons. The first kappa shape index (κ1) is 19.7. The SMILES string of the molecule is CC(C)(C)[C@@H](c1sccc1Br)N1CCNCC1.Cl.Cl. The fraction of sp³-hybridized carbons (Fsp3) is 0.692. The fourth-order valence-corrected chi connectivity index (χ4v) is 4.51. The van der Waals surface area contributed by atoms with Crippen LogP contribution in [0.15, 0.2) is 15.9 Å². The molecule has 0 aromatic carbocycles. The fourth-order valence-electron chi connectivity index (χ4n) is 2.55. The molecule has 2 nitrogen and oxygen atoms in total. The maximum absolute atomic E-state index is 3.69. The van der Waals surface area contributed by atoms with E-state index >= 15 is 0 Å². The van der Waals surface area contributed by atoms with Gasteiger partial charge in [0.05, 0.1) is 6.04 Å². The van der Waals surface area contributed by atoms with Crippen LogP contribution in [0.5, 0.6) is 0 Å². The summed E-state index contributed by atoms with van der Waals surface area (Å²) in [6, 6.07) is 2.68. The Bertz CT molecular complexity index is 373. The van der Waals surface area contributed by atoms with Crippen LogP contribution in [-0.4, -0.2) is 31.1 Å². The zero-order chi connectivity index (χ0) is 12.5. The van der Waals surface area contributed by atoms with Gasteiger partial charge in [-0.05, 0) is 32.8 Å². The van der Waals surface area contributed by atoms with Gasteiger partial charge in [0, 0.05) is 35.5 Å². The third kappa shape index (κ3) is 4.87. The van der Waals surface area contributed by atoms with E-state index in [1.165, 1.54) is 9.35 Å². The summed E-state index contributed by atoms with van der Waals surface area (Å²) in [7, 11) is 0. The second-order valence-corrected chi connectivity index (χ2v) is 7.49. The van der Waals surface area contributed by atoms with Crippen molar-refractivity contribution in [1.82, 2.24) is 10.2 Å². The van der Waals surface area contributed by atoms with Crippen LogP contribution in [-0.2, 0) is 0 Å². The molecular weight excluding hydrogens is 367 g/mol. The Balaban J connectivity index is 0.00000162. The molecule has 0 spiro atoms. The Kier molecular flexibility index (Phi) is 8.50. The Labute approximate surface area is 141 Å². The first-order valence-electron chi connectivity index (χ1n) is 6.18. The average molecular weight is 390 g/mol. The van der Waals surface area contributed by atoms with Gasteiger partial charge in [-0.2, -0.15) is 0 Å². The summed E-state index contributed by atoms with van der Waals surface area (Å²) in [4.78, 5) is 4.09. The van der Waals surface area contributed by atoms with Gasteiger partial charge in [0.15, 0.2) is 0 Å². The van der Waals surface area contributed by atoms with Crippen molar-refractivity contribution in [3.05, 3.63) is 20.8 Å². The molecule has 0 radical (unpaired) electrons. The minimum Gasteiger partial charge on any atom is -0.314 e. The van der Waals surface area contributed by atoms with Gasteiger partial charge in [0.2, 0.25) is 0 Å². The van der Waals surface area contributed by atoms with Crippen molar-refractivity contribution in [3.8, 4) is 0 Å². The van der Waals surface area contributed by atoms with Crippen LogP contribution in [0.25, 0.3) is 0 Å². The zero-order valence-corrected chi connectivity index (χ0v) is 15.6. The third-order valence-corrected chi connectivity index (χ3v) is 5.15. The number of thiophene rings is 1. The van der Waals surface area contributed by atoms with E-state index < -0.39 is 0 Å². The van der Waals surface area contributed by atoms with E-state index in [4.69, 9.17) is 0 Å². The lowest BCUT2D eigenvalue weighted by atomic mass is 9.84. The normalized spacial score (nSPS) is 18.3. The van der Waals surface area contributed by atoms with E-state index in [0.717, 1.165) is 26.2 Å². The number of hydrogen-bond donors (Lipinski definition) is 1. The molecular formula is C13H23BrCl2N2S. The highest BCUT2D eigenvalue weighted by atomic mass is 79.9. The second kappa shape index (κ2) is 8.20. The monoisotopic (exact) mass is 388 g/mol. The van der Waals surface area contributed by atoms with Crippen molar-refractivity contribution >= 4 is 52.1 Å². The largest absolute Gasteiger partial charge is 0.314 e. The molecule has 1 aliphatic heterocycles. The van der Waals surface area contributed by atoms with Crippen LogP contribution in [0.3, 0.4) is 0 Å². The van der Waals surface area contributed by atoms with Crippen LogP contribution in [0.2, 0.25) is 0 Å². The van der Waals surface area contributed by atoms with Crippen LogP contribution >= 0.6 is 52.1 Å². The minimum absolute atomic E-state index is 0. The number of halogens is 3. The molecule has 2 heterocycles. The van der Waals surface area contributed by atoms with Gasteiger partial charge < -0.3 is 5.32 Å². The highest BCUT2D eigenvalue weighted by Crippen LogP contribution is 2.43. The Morgan fingerprint density at radius 1 is 1.26 bits per heavy atom. The van der Waals surface area contributed by atoms with E-state index in [1.54, 1.807) is 0 Å². The topological polar surface area (TPSA) is 15.3 Å². The van der Waals surface area contributed by atoms with E-state index in [9.17, 15) is 0 Å². The number of nitrogens with one attached hydrogen (secondary N) is 1. The maximum Gasteiger partial charge on any atom is 0.0502 e. The Morgan fingerprint density at radius 3 is 2.26 bits per heavy atom. The summed E-state index contributed by atoms with van der Waals surface area (Å²) in [5.41, 5.74) is 0.269. The molecule has 0 bridgehead atoms. The molecule has 1 aromatic rings. The number of rotatable bonds is 2. The summed E-state index contributed by atoms with van der Waals surface area (Å²) in [5.74, 6) is 0. The van der Waals surface area contributed by atoms with Crippen LogP contribution in [0.4, 0.5) is 0 Å². The van der Waals surface area contributed by atoms with E-state index in [-0.39, 0.29) is 30.2 Å². The zero-order valence-electron chi connectivity index (χ0n) is 11.6. The first-order valence-corrected chi connectivity index (χ1v) is 7.85. The van der Waals surface area contributed by atoms with Gasteiger partial charge in [-0.1, -0.05) is 20.8 Å². The Morgan fingerprint density at radius 2 is 1.84 bits per heavy atom. The maximum atomic E-state index is 3.69. The molecule has 6 heteroatoms. The molecule has 0 aliphatic carbocycles. The van der Waals surface area contributed by atoms with Gasteiger partial charge in [-0.25, -0.2) is 0 Å². The molecule has 1 aliphatic rings. The Hall–Kier alpha value is 0.680. The molecule has 0 amide bonds. The number of hydrogen-bond acceptors (Lipinski definition) is 3. The lowest BCUT2D eigenvalue weighted by Gasteiger charge is -2.42. The van der Waals surface area contributed by atoms with Gasteiger partial charge in [-0.3, -0.25) is 4.90 Å². The first-order chi connectivity index (χ1) is 8.00. The lowest BCUT2D eigenvalue weighted by molar-refractivity contribution is 0.0883. The van der Waals surface area contributed by atoms with Crippen molar-refractivity contribution in [1.29, 1.82) is 0 Å². The summed E-state index contributed by atoms with van der Waals surface area (Å²) >= 11 is 5.56. The molecule has 19 heavy (non-hydrogen) atoms. The highest BCUT2D eigenvalue weighted by Gasteiger charge is 2.34. The average Bonchev–Trinajstić information content (AvgIpc) is 2.65. The molecule has 1 N–H and O–H groups in total. The summed E-state index contributed by atoms with van der Waals surface area (Å²) in [6.45, 7) is 11.5. The predicted octanol–water partition coefficient (Wildman–Crippen LogP) is 4.35. The van der Waals surface area contributed by atoms with E-state index in [0.29, 0.717) is 6.04 Å². The smallest absolute Gasteiger partial charge is 0.0502 e. The summed E-state index contributed by atoms with van der Waals surface area (Å²) < 4.78 is 1.26. The van der Waals surface area contributed by atoms with Gasteiger partial charge in [-0.15, -0.1) is 36.2 Å². The third-order valence-electron chi connectivity index (χ3n) is 3.23. The lowest BCUT2D eigenvalue weighted by Crippen LogP contribution is -2.48. The predicted molar refractivity (Wildman–Crippen MR) is 93.2 cm³/mol. The second-order valence-electron chi connectivity index (χ2n) is 5.69. The molecule has 0 unspecified atom stereocenters. The molecule has 0 saturated carbocycles. The van der Waals surface area contributed by atoms with Crippen molar-refractivity contribution in [2.75, 3.05) is 26.2 Å². The number of piperazine rings is 1. The highest BCUT2D eigenvalue weighted by molar-refractivity contribution is 9.10. The summed E-state index contributed by atoms with van der Waals surface area (Å²) in [5, 5.41) is 5.61.